The lowest BCUT2D eigenvalue weighted by Crippen LogP contribution is -2.06. The second-order valence-electron chi connectivity index (χ2n) is 4.79. The minimum atomic E-state index is -0.882. The molecule has 0 aliphatic carbocycles. The molecule has 1 unspecified atom stereocenters. The number of benzene rings is 2. The fourth-order valence-corrected chi connectivity index (χ4v) is 2.50. The van der Waals surface area contributed by atoms with Crippen molar-refractivity contribution in [2.24, 2.45) is 0 Å². The highest BCUT2D eigenvalue weighted by Crippen LogP contribution is 2.38. The van der Waals surface area contributed by atoms with Crippen LogP contribution in [-0.4, -0.2) is 0 Å². The maximum atomic E-state index is 13.7. The van der Waals surface area contributed by atoms with E-state index in [1.54, 1.807) is 6.07 Å². The van der Waals surface area contributed by atoms with Crippen molar-refractivity contribution in [2.45, 2.75) is 19.4 Å². The van der Waals surface area contributed by atoms with Crippen LogP contribution >= 0.6 is 0 Å². The summed E-state index contributed by atoms with van der Waals surface area (Å²) in [5.74, 6) is -2.02. The van der Waals surface area contributed by atoms with Crippen LogP contribution in [-0.2, 0) is 6.42 Å². The summed E-state index contributed by atoms with van der Waals surface area (Å²) in [6, 6.07) is 6.69. The van der Waals surface area contributed by atoms with Crippen molar-refractivity contribution in [3.05, 3.63) is 64.5 Å². The van der Waals surface area contributed by atoms with Crippen molar-refractivity contribution in [2.75, 3.05) is 5.32 Å². The molecule has 1 aliphatic rings. The summed E-state index contributed by atoms with van der Waals surface area (Å²) >= 11 is 0. The second kappa shape index (κ2) is 4.30. The Hall–Kier alpha value is -1.97. The monoisotopic (exact) mass is 263 g/mol. The standard InChI is InChI=1S/C15H12F3N/c1-8-2-4-11(16)10-7-14(19-15(8)10)9-3-5-12(17)13(18)6-9/h2-6,14,19H,7H2,1H3. The molecule has 0 aromatic heterocycles. The molecule has 0 spiro atoms. The van der Waals surface area contributed by atoms with E-state index < -0.39 is 11.6 Å². The molecular weight excluding hydrogens is 251 g/mol. The zero-order valence-electron chi connectivity index (χ0n) is 10.3. The first kappa shape index (κ1) is 12.1. The predicted octanol–water partition coefficient (Wildman–Crippen LogP) is 4.12. The molecule has 0 saturated carbocycles. The molecule has 0 saturated heterocycles. The van der Waals surface area contributed by atoms with Crippen LogP contribution in [0.15, 0.2) is 30.3 Å². The molecule has 19 heavy (non-hydrogen) atoms. The van der Waals surface area contributed by atoms with E-state index >= 15 is 0 Å². The largest absolute Gasteiger partial charge is 0.377 e. The first-order chi connectivity index (χ1) is 9.06. The summed E-state index contributed by atoms with van der Waals surface area (Å²) in [5.41, 5.74) is 2.93. The summed E-state index contributed by atoms with van der Waals surface area (Å²) in [5, 5.41) is 3.18. The van der Waals surface area contributed by atoms with Crippen LogP contribution in [0.5, 0.6) is 0 Å². The van der Waals surface area contributed by atoms with E-state index in [9.17, 15) is 13.2 Å². The molecule has 1 nitrogen and oxygen atoms in total. The number of hydrogen-bond acceptors (Lipinski definition) is 1. The minimum absolute atomic E-state index is 0.222. The molecule has 1 aliphatic heterocycles. The third kappa shape index (κ3) is 1.97. The van der Waals surface area contributed by atoms with E-state index in [0.29, 0.717) is 17.5 Å². The fourth-order valence-electron chi connectivity index (χ4n) is 2.50. The van der Waals surface area contributed by atoms with E-state index in [2.05, 4.69) is 5.32 Å². The fraction of sp³-hybridized carbons (Fsp3) is 0.200. The number of hydrogen-bond donors (Lipinski definition) is 1. The van der Waals surface area contributed by atoms with E-state index in [1.165, 1.54) is 12.1 Å². The van der Waals surface area contributed by atoms with Gasteiger partial charge in [-0.25, -0.2) is 13.2 Å². The van der Waals surface area contributed by atoms with Crippen molar-refractivity contribution in [3.8, 4) is 0 Å². The van der Waals surface area contributed by atoms with Gasteiger partial charge in [0.25, 0.3) is 0 Å². The summed E-state index contributed by atoms with van der Waals surface area (Å²) in [7, 11) is 0. The average molecular weight is 263 g/mol. The molecule has 0 amide bonds. The Bertz CT molecular complexity index is 621. The molecule has 0 fully saturated rings. The maximum absolute atomic E-state index is 13.7. The number of rotatable bonds is 1. The summed E-state index contributed by atoms with van der Waals surface area (Å²) in [6.45, 7) is 1.89. The molecule has 2 aromatic carbocycles. The van der Waals surface area contributed by atoms with E-state index in [-0.39, 0.29) is 11.9 Å². The van der Waals surface area contributed by atoms with Gasteiger partial charge in [0.15, 0.2) is 11.6 Å². The highest BCUT2D eigenvalue weighted by Gasteiger charge is 2.26. The van der Waals surface area contributed by atoms with Crippen LogP contribution in [0.2, 0.25) is 0 Å². The highest BCUT2D eigenvalue weighted by atomic mass is 19.2. The van der Waals surface area contributed by atoms with E-state index in [0.717, 1.165) is 23.4 Å². The normalized spacial score (nSPS) is 17.2. The molecular formula is C15H12F3N. The van der Waals surface area contributed by atoms with E-state index in [4.69, 9.17) is 0 Å². The first-order valence-corrected chi connectivity index (χ1v) is 6.05. The second-order valence-corrected chi connectivity index (χ2v) is 4.79. The average Bonchev–Trinajstić information content (AvgIpc) is 2.83. The van der Waals surface area contributed by atoms with Gasteiger partial charge in [-0.3, -0.25) is 0 Å². The maximum Gasteiger partial charge on any atom is 0.159 e. The Kier molecular flexibility index (Phi) is 2.73. The Morgan fingerprint density at radius 3 is 2.42 bits per heavy atom. The SMILES string of the molecule is Cc1ccc(F)c2c1NC(c1ccc(F)c(F)c1)C2. The lowest BCUT2D eigenvalue weighted by molar-refractivity contribution is 0.506. The van der Waals surface area contributed by atoms with Crippen molar-refractivity contribution in [1.29, 1.82) is 0 Å². The quantitative estimate of drug-likeness (QED) is 0.816. The Morgan fingerprint density at radius 2 is 1.74 bits per heavy atom. The summed E-state index contributed by atoms with van der Waals surface area (Å²) < 4.78 is 39.9. The van der Waals surface area contributed by atoms with Gasteiger partial charge in [-0.15, -0.1) is 0 Å². The zero-order valence-corrected chi connectivity index (χ0v) is 10.3. The molecule has 0 bridgehead atoms. The van der Waals surface area contributed by atoms with Gasteiger partial charge >= 0.3 is 0 Å². The lowest BCUT2D eigenvalue weighted by Gasteiger charge is -2.12. The Balaban J connectivity index is 1.97. The number of nitrogens with one attached hydrogen (secondary N) is 1. The van der Waals surface area contributed by atoms with Crippen molar-refractivity contribution in [3.63, 3.8) is 0 Å². The van der Waals surface area contributed by atoms with Crippen LogP contribution in [0.3, 0.4) is 0 Å². The van der Waals surface area contributed by atoms with Gasteiger partial charge in [-0.1, -0.05) is 12.1 Å². The summed E-state index contributed by atoms with van der Waals surface area (Å²) in [4.78, 5) is 0. The molecule has 3 rings (SSSR count). The van der Waals surface area contributed by atoms with Gasteiger partial charge in [0.2, 0.25) is 0 Å². The molecule has 1 N–H and O–H groups in total. The van der Waals surface area contributed by atoms with Gasteiger partial charge < -0.3 is 5.32 Å². The predicted molar refractivity (Wildman–Crippen MR) is 67.6 cm³/mol. The lowest BCUT2D eigenvalue weighted by atomic mass is 10.0. The van der Waals surface area contributed by atoms with Gasteiger partial charge in [0.05, 0.1) is 6.04 Å². The van der Waals surface area contributed by atoms with Crippen molar-refractivity contribution >= 4 is 5.69 Å². The van der Waals surface area contributed by atoms with Gasteiger partial charge in [-0.2, -0.15) is 0 Å². The van der Waals surface area contributed by atoms with Crippen LogP contribution in [0, 0.1) is 24.4 Å². The molecule has 98 valence electrons. The third-order valence-electron chi connectivity index (χ3n) is 3.54. The number of halogens is 3. The van der Waals surface area contributed by atoms with Crippen LogP contribution in [0.4, 0.5) is 18.9 Å². The third-order valence-corrected chi connectivity index (χ3v) is 3.54. The van der Waals surface area contributed by atoms with Gasteiger partial charge in [0.1, 0.15) is 5.82 Å². The number of anilines is 1. The first-order valence-electron chi connectivity index (χ1n) is 6.05. The van der Waals surface area contributed by atoms with Crippen molar-refractivity contribution < 1.29 is 13.2 Å². The number of fused-ring (bicyclic) bond motifs is 1. The number of aryl methyl sites for hydroxylation is 1. The molecule has 1 heterocycles. The van der Waals surface area contributed by atoms with Gasteiger partial charge in [-0.05, 0) is 36.2 Å². The van der Waals surface area contributed by atoms with Crippen LogP contribution in [0.25, 0.3) is 0 Å². The highest BCUT2D eigenvalue weighted by molar-refractivity contribution is 5.63. The Morgan fingerprint density at radius 1 is 1.00 bits per heavy atom. The van der Waals surface area contributed by atoms with Gasteiger partial charge in [0, 0.05) is 17.7 Å². The van der Waals surface area contributed by atoms with Crippen LogP contribution in [0.1, 0.15) is 22.7 Å². The molecule has 4 heteroatoms. The molecule has 1 atom stereocenters. The molecule has 2 aromatic rings. The van der Waals surface area contributed by atoms with E-state index in [1.807, 2.05) is 6.92 Å². The topological polar surface area (TPSA) is 12.0 Å². The van der Waals surface area contributed by atoms with Crippen LogP contribution < -0.4 is 5.32 Å². The molecule has 0 radical (unpaired) electrons. The summed E-state index contributed by atoms with van der Waals surface area (Å²) in [6.07, 6.45) is 0.438. The minimum Gasteiger partial charge on any atom is -0.377 e. The smallest absolute Gasteiger partial charge is 0.159 e. The van der Waals surface area contributed by atoms with Crippen molar-refractivity contribution in [1.82, 2.24) is 0 Å². The zero-order chi connectivity index (χ0) is 13.6. The Labute approximate surface area is 109 Å².